The predicted molar refractivity (Wildman–Crippen MR) is 88.1 cm³/mol. The van der Waals surface area contributed by atoms with Gasteiger partial charge in [-0.3, -0.25) is 4.79 Å². The largest absolute Gasteiger partial charge is 0.375 e. The molecule has 0 radical (unpaired) electrons. The summed E-state index contributed by atoms with van der Waals surface area (Å²) >= 11 is 7.27. The van der Waals surface area contributed by atoms with Crippen molar-refractivity contribution in [2.75, 3.05) is 7.11 Å². The van der Waals surface area contributed by atoms with E-state index in [1.165, 1.54) is 11.3 Å². The van der Waals surface area contributed by atoms with Gasteiger partial charge in [0.15, 0.2) is 0 Å². The smallest absolute Gasteiger partial charge is 0.271 e. The zero-order valence-corrected chi connectivity index (χ0v) is 13.9. The van der Waals surface area contributed by atoms with E-state index < -0.39 is 0 Å². The standard InChI is InChI=1S/C15H18ClN3O2S/c1-9(14(21-2)10-3-5-11(16)6-4-10)18-15(20)12-8-22-13(7-17)19-12/h3-6,8-9,14H,7,17H2,1-2H3,(H,18,20). The molecule has 2 unspecified atom stereocenters. The molecule has 3 N–H and O–H groups in total. The first kappa shape index (κ1) is 16.9. The highest BCUT2D eigenvalue weighted by molar-refractivity contribution is 7.09. The molecule has 118 valence electrons. The van der Waals surface area contributed by atoms with Crippen LogP contribution in [0, 0.1) is 0 Å². The van der Waals surface area contributed by atoms with Crippen molar-refractivity contribution in [3.05, 3.63) is 50.9 Å². The number of rotatable bonds is 6. The van der Waals surface area contributed by atoms with E-state index in [0.29, 0.717) is 17.3 Å². The Kier molecular flexibility index (Phi) is 5.90. The van der Waals surface area contributed by atoms with Crippen LogP contribution in [-0.4, -0.2) is 24.0 Å². The third kappa shape index (κ3) is 4.04. The van der Waals surface area contributed by atoms with Gasteiger partial charge in [0.2, 0.25) is 0 Å². The maximum absolute atomic E-state index is 12.2. The molecule has 0 bridgehead atoms. The number of aromatic nitrogens is 1. The van der Waals surface area contributed by atoms with Gasteiger partial charge >= 0.3 is 0 Å². The van der Waals surface area contributed by atoms with Crippen molar-refractivity contribution in [2.24, 2.45) is 5.73 Å². The van der Waals surface area contributed by atoms with Gasteiger partial charge in [0.25, 0.3) is 5.91 Å². The van der Waals surface area contributed by atoms with Crippen molar-refractivity contribution in [2.45, 2.75) is 25.6 Å². The number of hydrogen-bond donors (Lipinski definition) is 2. The molecule has 1 aromatic carbocycles. The van der Waals surface area contributed by atoms with Crippen LogP contribution >= 0.6 is 22.9 Å². The maximum atomic E-state index is 12.2. The van der Waals surface area contributed by atoms with Gasteiger partial charge in [-0.05, 0) is 24.6 Å². The lowest BCUT2D eigenvalue weighted by Gasteiger charge is -2.24. The zero-order valence-electron chi connectivity index (χ0n) is 12.4. The number of benzene rings is 1. The minimum atomic E-state index is -0.270. The molecule has 1 amide bonds. The van der Waals surface area contributed by atoms with Crippen molar-refractivity contribution >= 4 is 28.8 Å². The van der Waals surface area contributed by atoms with Gasteiger partial charge < -0.3 is 15.8 Å². The van der Waals surface area contributed by atoms with Crippen LogP contribution in [0.3, 0.4) is 0 Å². The Morgan fingerprint density at radius 1 is 1.45 bits per heavy atom. The Morgan fingerprint density at radius 3 is 2.68 bits per heavy atom. The summed E-state index contributed by atoms with van der Waals surface area (Å²) in [6.07, 6.45) is -0.270. The van der Waals surface area contributed by atoms with Crippen LogP contribution in [0.25, 0.3) is 0 Å². The van der Waals surface area contributed by atoms with Crippen molar-refractivity contribution in [1.82, 2.24) is 10.3 Å². The molecule has 0 saturated heterocycles. The molecular formula is C15H18ClN3O2S. The number of carbonyl (C=O) groups excluding carboxylic acids is 1. The van der Waals surface area contributed by atoms with Gasteiger partial charge in [0.1, 0.15) is 16.8 Å². The highest BCUT2D eigenvalue weighted by Crippen LogP contribution is 2.22. The second-order valence-corrected chi connectivity index (χ2v) is 6.18. The van der Waals surface area contributed by atoms with E-state index in [1.807, 2.05) is 19.1 Å². The highest BCUT2D eigenvalue weighted by atomic mass is 35.5. The maximum Gasteiger partial charge on any atom is 0.271 e. The molecule has 0 saturated carbocycles. The molecule has 2 aromatic rings. The second kappa shape index (κ2) is 7.69. The Morgan fingerprint density at radius 2 is 2.14 bits per heavy atom. The summed E-state index contributed by atoms with van der Waals surface area (Å²) < 4.78 is 5.51. The first-order valence-corrected chi connectivity index (χ1v) is 8.04. The van der Waals surface area contributed by atoms with E-state index in [4.69, 9.17) is 22.1 Å². The number of thiazole rings is 1. The number of carbonyl (C=O) groups is 1. The van der Waals surface area contributed by atoms with E-state index in [9.17, 15) is 4.79 Å². The third-order valence-corrected chi connectivity index (χ3v) is 4.35. The van der Waals surface area contributed by atoms with Gasteiger partial charge in [-0.15, -0.1) is 11.3 Å². The Bertz CT molecular complexity index is 630. The van der Waals surface area contributed by atoms with E-state index in [0.717, 1.165) is 10.6 Å². The Hall–Kier alpha value is -1.47. The number of nitrogens with zero attached hydrogens (tertiary/aromatic N) is 1. The fraction of sp³-hybridized carbons (Fsp3) is 0.333. The number of halogens is 1. The summed E-state index contributed by atoms with van der Waals surface area (Å²) in [7, 11) is 1.61. The fourth-order valence-corrected chi connectivity index (χ4v) is 2.93. The molecule has 1 heterocycles. The number of hydrogen-bond acceptors (Lipinski definition) is 5. The Labute approximate surface area is 138 Å². The molecule has 1 aromatic heterocycles. The molecule has 2 atom stereocenters. The minimum Gasteiger partial charge on any atom is -0.375 e. The van der Waals surface area contributed by atoms with Gasteiger partial charge in [-0.25, -0.2) is 4.98 Å². The van der Waals surface area contributed by atoms with Crippen LogP contribution in [0.15, 0.2) is 29.6 Å². The summed E-state index contributed by atoms with van der Waals surface area (Å²) in [5.41, 5.74) is 6.83. The van der Waals surface area contributed by atoms with Crippen LogP contribution in [-0.2, 0) is 11.3 Å². The lowest BCUT2D eigenvalue weighted by Crippen LogP contribution is -2.38. The molecular weight excluding hydrogens is 322 g/mol. The number of methoxy groups -OCH3 is 1. The van der Waals surface area contributed by atoms with Crippen LogP contribution < -0.4 is 11.1 Å². The lowest BCUT2D eigenvalue weighted by atomic mass is 10.0. The molecule has 0 fully saturated rings. The first-order valence-electron chi connectivity index (χ1n) is 6.78. The van der Waals surface area contributed by atoms with Crippen molar-refractivity contribution in [3.63, 3.8) is 0 Å². The molecule has 0 aliphatic heterocycles. The first-order chi connectivity index (χ1) is 10.5. The molecule has 5 nitrogen and oxygen atoms in total. The SMILES string of the molecule is COC(c1ccc(Cl)cc1)C(C)NC(=O)c1csc(CN)n1. The molecule has 0 aliphatic carbocycles. The van der Waals surface area contributed by atoms with Crippen LogP contribution in [0.1, 0.15) is 34.1 Å². The van der Waals surface area contributed by atoms with Crippen molar-refractivity contribution in [1.29, 1.82) is 0 Å². The van der Waals surface area contributed by atoms with Crippen LogP contribution in [0.4, 0.5) is 0 Å². The summed E-state index contributed by atoms with van der Waals surface area (Å²) in [5.74, 6) is -0.237. The minimum absolute atomic E-state index is 0.221. The van der Waals surface area contributed by atoms with Gasteiger partial charge in [-0.2, -0.15) is 0 Å². The third-order valence-electron chi connectivity index (χ3n) is 3.22. The molecule has 22 heavy (non-hydrogen) atoms. The summed E-state index contributed by atoms with van der Waals surface area (Å²) in [4.78, 5) is 16.4. The van der Waals surface area contributed by atoms with Crippen molar-refractivity contribution in [3.8, 4) is 0 Å². The fourth-order valence-electron chi connectivity index (χ4n) is 2.15. The summed E-state index contributed by atoms with van der Waals surface area (Å²) in [6.45, 7) is 2.22. The quantitative estimate of drug-likeness (QED) is 0.848. The monoisotopic (exact) mass is 339 g/mol. The van der Waals surface area contributed by atoms with Gasteiger partial charge in [0, 0.05) is 24.1 Å². The summed E-state index contributed by atoms with van der Waals surface area (Å²) in [5, 5.41) is 6.00. The van der Waals surface area contributed by atoms with Crippen LogP contribution in [0.2, 0.25) is 5.02 Å². The van der Waals surface area contributed by atoms with E-state index in [-0.39, 0.29) is 18.1 Å². The number of nitrogens with two attached hydrogens (primary N) is 1. The average Bonchev–Trinajstić information content (AvgIpc) is 2.99. The lowest BCUT2D eigenvalue weighted by molar-refractivity contribution is 0.0643. The molecule has 7 heteroatoms. The number of amides is 1. The zero-order chi connectivity index (χ0) is 16.1. The normalized spacial score (nSPS) is 13.6. The Balaban J connectivity index is 2.06. The average molecular weight is 340 g/mol. The van der Waals surface area contributed by atoms with E-state index in [1.54, 1.807) is 24.6 Å². The number of nitrogens with one attached hydrogen (secondary N) is 1. The van der Waals surface area contributed by atoms with Crippen LogP contribution in [0.5, 0.6) is 0 Å². The number of ether oxygens (including phenoxy) is 1. The van der Waals surface area contributed by atoms with Crippen molar-refractivity contribution < 1.29 is 9.53 Å². The van der Waals surface area contributed by atoms with E-state index >= 15 is 0 Å². The molecule has 0 spiro atoms. The van der Waals surface area contributed by atoms with E-state index in [2.05, 4.69) is 10.3 Å². The summed E-state index contributed by atoms with van der Waals surface area (Å²) in [6, 6.07) is 7.14. The topological polar surface area (TPSA) is 77.2 Å². The predicted octanol–water partition coefficient (Wildman–Crippen LogP) is 2.76. The van der Waals surface area contributed by atoms with Gasteiger partial charge in [-0.1, -0.05) is 23.7 Å². The van der Waals surface area contributed by atoms with Gasteiger partial charge in [0.05, 0.1) is 6.04 Å². The second-order valence-electron chi connectivity index (χ2n) is 4.80. The molecule has 0 aliphatic rings. The highest BCUT2D eigenvalue weighted by Gasteiger charge is 2.22. The molecule has 2 rings (SSSR count).